The Balaban J connectivity index is 1.57. The number of sulfonamides is 1. The van der Waals surface area contributed by atoms with Gasteiger partial charge in [-0.25, -0.2) is 8.42 Å². The highest BCUT2D eigenvalue weighted by Gasteiger charge is 2.27. The van der Waals surface area contributed by atoms with Crippen molar-refractivity contribution in [3.63, 3.8) is 0 Å². The van der Waals surface area contributed by atoms with Crippen molar-refractivity contribution in [3.8, 4) is 0 Å². The van der Waals surface area contributed by atoms with Gasteiger partial charge in [0.15, 0.2) is 0 Å². The highest BCUT2D eigenvalue weighted by Crippen LogP contribution is 2.26. The molecule has 140 valence electrons. The summed E-state index contributed by atoms with van der Waals surface area (Å²) < 4.78 is 32.1. The number of carbonyl (C=O) groups is 1. The third kappa shape index (κ3) is 4.83. The molecule has 0 unspecified atom stereocenters. The Morgan fingerprint density at radius 3 is 2.54 bits per heavy atom. The zero-order valence-electron chi connectivity index (χ0n) is 14.0. The topological polar surface area (TPSA) is 75.7 Å². The molecule has 3 rings (SSSR count). The SMILES string of the molecule is O=C(Cc1ccc(S(=O)(=O)N2CCOCC2)s1)NCc1ccc(Cl)cc1. The van der Waals surface area contributed by atoms with Crippen molar-refractivity contribution >= 4 is 38.9 Å². The molecule has 26 heavy (non-hydrogen) atoms. The number of carbonyl (C=O) groups excluding carboxylic acids is 1. The molecule has 1 saturated heterocycles. The van der Waals surface area contributed by atoms with Gasteiger partial charge < -0.3 is 10.1 Å². The highest BCUT2D eigenvalue weighted by molar-refractivity contribution is 7.91. The second-order valence-electron chi connectivity index (χ2n) is 5.82. The molecule has 1 aromatic heterocycles. The van der Waals surface area contributed by atoms with Gasteiger partial charge >= 0.3 is 0 Å². The fraction of sp³-hybridized carbons (Fsp3) is 0.353. The van der Waals surface area contributed by atoms with Gasteiger partial charge in [0.05, 0.1) is 19.6 Å². The number of hydrogen-bond acceptors (Lipinski definition) is 5. The summed E-state index contributed by atoms with van der Waals surface area (Å²) in [6, 6.07) is 10.5. The maximum absolute atomic E-state index is 12.6. The minimum absolute atomic E-state index is 0.150. The largest absolute Gasteiger partial charge is 0.379 e. The second-order valence-corrected chi connectivity index (χ2v) is 9.59. The number of ether oxygens (including phenoxy) is 1. The van der Waals surface area contributed by atoms with E-state index in [1.165, 1.54) is 4.31 Å². The molecule has 1 amide bonds. The fourth-order valence-corrected chi connectivity index (χ4v) is 5.57. The number of benzene rings is 1. The van der Waals surface area contributed by atoms with Crippen LogP contribution in [0.15, 0.2) is 40.6 Å². The standard InChI is InChI=1S/C17H19ClN2O4S2/c18-14-3-1-13(2-4-14)12-19-16(21)11-15-5-6-17(25-15)26(22,23)20-7-9-24-10-8-20/h1-6H,7-12H2,(H,19,21). The van der Waals surface area contributed by atoms with Gasteiger partial charge in [0.2, 0.25) is 5.91 Å². The van der Waals surface area contributed by atoms with Gasteiger partial charge in [-0.05, 0) is 29.8 Å². The van der Waals surface area contributed by atoms with Crippen LogP contribution in [-0.2, 0) is 32.5 Å². The van der Waals surface area contributed by atoms with Crippen LogP contribution in [0.1, 0.15) is 10.4 Å². The molecule has 1 aromatic carbocycles. The van der Waals surface area contributed by atoms with Crippen molar-refractivity contribution < 1.29 is 17.9 Å². The zero-order valence-corrected chi connectivity index (χ0v) is 16.4. The first-order chi connectivity index (χ1) is 12.4. The van der Waals surface area contributed by atoms with Crippen LogP contribution in [0.3, 0.4) is 0 Å². The molecule has 0 saturated carbocycles. The first-order valence-electron chi connectivity index (χ1n) is 8.13. The van der Waals surface area contributed by atoms with E-state index in [4.69, 9.17) is 16.3 Å². The van der Waals surface area contributed by atoms with Gasteiger partial charge in [0.1, 0.15) is 4.21 Å². The van der Waals surface area contributed by atoms with Crippen molar-refractivity contribution in [1.82, 2.24) is 9.62 Å². The summed E-state index contributed by atoms with van der Waals surface area (Å²) in [5, 5.41) is 3.47. The lowest BCUT2D eigenvalue weighted by molar-refractivity contribution is -0.120. The van der Waals surface area contributed by atoms with E-state index in [0.29, 0.717) is 42.7 Å². The summed E-state index contributed by atoms with van der Waals surface area (Å²) in [5.41, 5.74) is 0.949. The third-order valence-electron chi connectivity index (χ3n) is 3.94. The summed E-state index contributed by atoms with van der Waals surface area (Å²) in [5.74, 6) is -0.155. The van der Waals surface area contributed by atoms with Gasteiger partial charge in [-0.2, -0.15) is 4.31 Å². The maximum Gasteiger partial charge on any atom is 0.252 e. The van der Waals surface area contributed by atoms with Gasteiger partial charge in [0.25, 0.3) is 10.0 Å². The molecule has 0 bridgehead atoms. The lowest BCUT2D eigenvalue weighted by atomic mass is 10.2. The maximum atomic E-state index is 12.6. The first kappa shape index (κ1) is 19.3. The first-order valence-corrected chi connectivity index (χ1v) is 10.8. The molecule has 0 aliphatic carbocycles. The average molecular weight is 415 g/mol. The average Bonchev–Trinajstić information content (AvgIpc) is 3.11. The minimum atomic E-state index is -3.51. The van der Waals surface area contributed by atoms with Gasteiger partial charge in [0, 0.05) is 29.5 Å². The number of thiophene rings is 1. The normalized spacial score (nSPS) is 15.7. The van der Waals surface area contributed by atoms with E-state index in [2.05, 4.69) is 5.32 Å². The number of halogens is 1. The van der Waals surface area contributed by atoms with E-state index in [1.54, 1.807) is 24.3 Å². The molecule has 1 aliphatic rings. The lowest BCUT2D eigenvalue weighted by Gasteiger charge is -2.25. The summed E-state index contributed by atoms with van der Waals surface area (Å²) in [6.45, 7) is 1.93. The van der Waals surface area contributed by atoms with Gasteiger partial charge in [-0.15, -0.1) is 11.3 Å². The number of rotatable bonds is 6. The Kier molecular flexibility index (Phi) is 6.31. The molecule has 1 fully saturated rings. The summed E-state index contributed by atoms with van der Waals surface area (Å²) in [6.07, 6.45) is 0.150. The van der Waals surface area contributed by atoms with Gasteiger partial charge in [-0.3, -0.25) is 4.79 Å². The summed E-state index contributed by atoms with van der Waals surface area (Å²) in [7, 11) is -3.51. The molecule has 2 heterocycles. The quantitative estimate of drug-likeness (QED) is 0.786. The molecule has 1 aliphatic heterocycles. The van der Waals surface area contributed by atoms with E-state index < -0.39 is 10.0 Å². The molecular weight excluding hydrogens is 396 g/mol. The van der Waals surface area contributed by atoms with E-state index >= 15 is 0 Å². The second kappa shape index (κ2) is 8.49. The molecule has 0 radical (unpaired) electrons. The van der Waals surface area contributed by atoms with Gasteiger partial charge in [-0.1, -0.05) is 23.7 Å². The third-order valence-corrected chi connectivity index (χ3v) is 7.64. The highest BCUT2D eigenvalue weighted by atomic mass is 35.5. The van der Waals surface area contributed by atoms with Crippen LogP contribution in [0.25, 0.3) is 0 Å². The Hall–Kier alpha value is -1.45. The van der Waals surface area contributed by atoms with E-state index in [0.717, 1.165) is 16.9 Å². The Morgan fingerprint density at radius 2 is 1.85 bits per heavy atom. The number of morpholine rings is 1. The predicted molar refractivity (Wildman–Crippen MR) is 101 cm³/mol. The molecule has 9 heteroatoms. The minimum Gasteiger partial charge on any atom is -0.379 e. The van der Waals surface area contributed by atoms with Crippen LogP contribution in [0.5, 0.6) is 0 Å². The van der Waals surface area contributed by atoms with E-state index in [1.807, 2.05) is 12.1 Å². The number of nitrogens with one attached hydrogen (secondary N) is 1. The summed E-state index contributed by atoms with van der Waals surface area (Å²) >= 11 is 6.97. The lowest BCUT2D eigenvalue weighted by Crippen LogP contribution is -2.40. The van der Waals surface area contributed by atoms with Crippen LogP contribution >= 0.6 is 22.9 Å². The van der Waals surface area contributed by atoms with Crippen molar-refractivity contribution in [2.24, 2.45) is 0 Å². The molecule has 2 aromatic rings. The molecule has 6 nitrogen and oxygen atoms in total. The Bertz CT molecular complexity index is 859. The molecule has 0 atom stereocenters. The number of amides is 1. The number of hydrogen-bond donors (Lipinski definition) is 1. The van der Waals surface area contributed by atoms with Crippen molar-refractivity contribution in [2.45, 2.75) is 17.2 Å². The monoisotopic (exact) mass is 414 g/mol. The predicted octanol–water partition coefficient (Wildman–Crippen LogP) is 2.28. The Morgan fingerprint density at radius 1 is 1.15 bits per heavy atom. The van der Waals surface area contributed by atoms with Crippen molar-refractivity contribution in [2.75, 3.05) is 26.3 Å². The fourth-order valence-electron chi connectivity index (χ4n) is 2.53. The molecule has 1 N–H and O–H groups in total. The number of nitrogens with zero attached hydrogens (tertiary/aromatic N) is 1. The molecule has 0 spiro atoms. The smallest absolute Gasteiger partial charge is 0.252 e. The van der Waals surface area contributed by atoms with Crippen LogP contribution in [0.4, 0.5) is 0 Å². The van der Waals surface area contributed by atoms with E-state index in [-0.39, 0.29) is 16.5 Å². The van der Waals surface area contributed by atoms with Crippen molar-refractivity contribution in [1.29, 1.82) is 0 Å². The van der Waals surface area contributed by atoms with Crippen LogP contribution in [-0.4, -0.2) is 44.9 Å². The van der Waals surface area contributed by atoms with Crippen LogP contribution in [0, 0.1) is 0 Å². The van der Waals surface area contributed by atoms with E-state index in [9.17, 15) is 13.2 Å². The molecular formula is C17H19ClN2O4S2. The van der Waals surface area contributed by atoms with Crippen LogP contribution < -0.4 is 5.32 Å². The summed E-state index contributed by atoms with van der Waals surface area (Å²) in [4.78, 5) is 12.8. The van der Waals surface area contributed by atoms with Crippen molar-refractivity contribution in [3.05, 3.63) is 51.9 Å². The Labute approximate surface area is 161 Å². The van der Waals surface area contributed by atoms with Crippen LogP contribution in [0.2, 0.25) is 5.02 Å². The zero-order chi connectivity index (χ0) is 18.6.